The van der Waals surface area contributed by atoms with Crippen LogP contribution in [0.15, 0.2) is 12.7 Å². The summed E-state index contributed by atoms with van der Waals surface area (Å²) in [5.41, 5.74) is -1.02. The van der Waals surface area contributed by atoms with Gasteiger partial charge >= 0.3 is 6.09 Å². The van der Waals surface area contributed by atoms with Crippen LogP contribution >= 0.6 is 0 Å². The Kier molecular flexibility index (Phi) is 3.73. The number of hydrogen-bond acceptors (Lipinski definition) is 3. The second-order valence-corrected chi connectivity index (χ2v) is 2.74. The van der Waals surface area contributed by atoms with Gasteiger partial charge in [-0.05, 0) is 19.9 Å². The maximum absolute atomic E-state index is 10.9. The average molecular weight is 181 g/mol. The summed E-state index contributed by atoms with van der Waals surface area (Å²) in [6, 6.07) is 0. The lowest BCUT2D eigenvalue weighted by Gasteiger charge is -2.17. The summed E-state index contributed by atoms with van der Waals surface area (Å²) in [4.78, 5) is 21.5. The summed E-state index contributed by atoms with van der Waals surface area (Å²) < 4.78 is 4.70. The largest absolute Gasteiger partial charge is 0.430 e. The monoisotopic (exact) mass is 181 g/mol. The molecule has 0 aromatic heterocycles. The van der Waals surface area contributed by atoms with Crippen molar-refractivity contribution in [1.29, 1.82) is 0 Å². The molecule has 70 valence electrons. The Labute approximate surface area is 77.0 Å². The Hall–Kier alpha value is -1.76. The highest BCUT2D eigenvalue weighted by Crippen LogP contribution is 2.06. The quantitative estimate of drug-likeness (QED) is 0.507. The first-order valence-corrected chi connectivity index (χ1v) is 3.55. The van der Waals surface area contributed by atoms with Crippen LogP contribution in [0.2, 0.25) is 0 Å². The number of nitrogens with one attached hydrogen (secondary N) is 1. The van der Waals surface area contributed by atoms with Gasteiger partial charge in [0.2, 0.25) is 0 Å². The highest BCUT2D eigenvalue weighted by atomic mass is 16.6. The summed E-state index contributed by atoms with van der Waals surface area (Å²) in [6.07, 6.45) is 5.14. The van der Waals surface area contributed by atoms with Gasteiger partial charge in [0.15, 0.2) is 5.60 Å². The van der Waals surface area contributed by atoms with Crippen LogP contribution in [-0.2, 0) is 9.53 Å². The first-order chi connectivity index (χ1) is 5.91. The summed E-state index contributed by atoms with van der Waals surface area (Å²) in [5.74, 6) is 1.62. The molecule has 0 aliphatic carbocycles. The van der Waals surface area contributed by atoms with Crippen molar-refractivity contribution in [3.63, 3.8) is 0 Å². The molecule has 0 aliphatic heterocycles. The van der Waals surface area contributed by atoms with Crippen LogP contribution in [0.3, 0.4) is 0 Å². The van der Waals surface area contributed by atoms with Crippen molar-refractivity contribution in [2.45, 2.75) is 19.4 Å². The third-order valence-corrected chi connectivity index (χ3v) is 1.11. The second kappa shape index (κ2) is 4.31. The predicted molar refractivity (Wildman–Crippen MR) is 47.7 cm³/mol. The lowest BCUT2D eigenvalue weighted by Crippen LogP contribution is -2.36. The lowest BCUT2D eigenvalue weighted by molar-refractivity contribution is -0.116. The summed E-state index contributed by atoms with van der Waals surface area (Å²) in [7, 11) is 0. The van der Waals surface area contributed by atoms with E-state index in [4.69, 9.17) is 11.2 Å². The van der Waals surface area contributed by atoms with Crippen LogP contribution < -0.4 is 5.32 Å². The number of carbonyl (C=O) groups excluding carboxylic acids is 2. The Bertz CT molecular complexity index is 273. The molecule has 13 heavy (non-hydrogen) atoms. The number of amides is 2. The van der Waals surface area contributed by atoms with Crippen LogP contribution in [0.1, 0.15) is 13.8 Å². The number of terminal acetylenes is 1. The maximum Gasteiger partial charge on any atom is 0.415 e. The SMILES string of the molecule is C#CC(C)(C)OC(=O)NC(=O)C=C. The van der Waals surface area contributed by atoms with Crippen molar-refractivity contribution >= 4 is 12.0 Å². The van der Waals surface area contributed by atoms with Gasteiger partial charge in [-0.25, -0.2) is 4.79 Å². The molecule has 0 aliphatic rings. The predicted octanol–water partition coefficient (Wildman–Crippen LogP) is 0.837. The number of rotatable bonds is 2. The van der Waals surface area contributed by atoms with Gasteiger partial charge in [0.25, 0.3) is 5.91 Å². The Morgan fingerprint density at radius 2 is 2.15 bits per heavy atom. The average Bonchev–Trinajstić information content (AvgIpc) is 2.03. The van der Waals surface area contributed by atoms with E-state index < -0.39 is 17.6 Å². The highest BCUT2D eigenvalue weighted by molar-refractivity contribution is 5.98. The Morgan fingerprint density at radius 3 is 2.54 bits per heavy atom. The number of hydrogen-bond donors (Lipinski definition) is 1. The van der Waals surface area contributed by atoms with E-state index in [0.29, 0.717) is 0 Å². The minimum absolute atomic E-state index is 0.627. The van der Waals surface area contributed by atoms with E-state index in [1.165, 1.54) is 13.8 Å². The van der Waals surface area contributed by atoms with Gasteiger partial charge in [0.05, 0.1) is 0 Å². The zero-order chi connectivity index (χ0) is 10.5. The smallest absolute Gasteiger partial charge is 0.415 e. The molecule has 0 bridgehead atoms. The third-order valence-electron chi connectivity index (χ3n) is 1.11. The second-order valence-electron chi connectivity index (χ2n) is 2.74. The third kappa shape index (κ3) is 4.64. The van der Waals surface area contributed by atoms with E-state index in [-0.39, 0.29) is 0 Å². The van der Waals surface area contributed by atoms with E-state index in [1.807, 2.05) is 5.32 Å². The molecule has 1 N–H and O–H groups in total. The van der Waals surface area contributed by atoms with Gasteiger partial charge in [-0.15, -0.1) is 6.42 Å². The molecular weight excluding hydrogens is 170 g/mol. The topological polar surface area (TPSA) is 55.4 Å². The molecule has 2 amide bonds. The zero-order valence-electron chi connectivity index (χ0n) is 7.59. The number of ether oxygens (including phenoxy) is 1. The summed E-state index contributed by atoms with van der Waals surface area (Å²) in [5, 5.41) is 1.91. The van der Waals surface area contributed by atoms with E-state index in [2.05, 4.69) is 12.5 Å². The molecule has 0 fully saturated rings. The van der Waals surface area contributed by atoms with Crippen molar-refractivity contribution in [1.82, 2.24) is 5.32 Å². The van der Waals surface area contributed by atoms with Crippen molar-refractivity contribution in [2.75, 3.05) is 0 Å². The van der Waals surface area contributed by atoms with Crippen LogP contribution in [-0.4, -0.2) is 17.6 Å². The molecule has 0 spiro atoms. The van der Waals surface area contributed by atoms with Crippen molar-refractivity contribution in [3.8, 4) is 12.3 Å². The first-order valence-electron chi connectivity index (χ1n) is 3.55. The van der Waals surface area contributed by atoms with E-state index in [0.717, 1.165) is 6.08 Å². The molecule has 0 rings (SSSR count). The minimum Gasteiger partial charge on any atom is -0.430 e. The van der Waals surface area contributed by atoms with Gasteiger partial charge < -0.3 is 4.74 Å². The number of alkyl carbamates (subject to hydrolysis) is 1. The molecule has 0 saturated carbocycles. The molecule has 0 aromatic rings. The Morgan fingerprint density at radius 1 is 1.62 bits per heavy atom. The van der Waals surface area contributed by atoms with E-state index in [9.17, 15) is 9.59 Å². The van der Waals surface area contributed by atoms with Gasteiger partial charge in [0.1, 0.15) is 0 Å². The van der Waals surface area contributed by atoms with Gasteiger partial charge in [-0.1, -0.05) is 12.5 Å². The van der Waals surface area contributed by atoms with Crippen molar-refractivity contribution < 1.29 is 14.3 Å². The van der Waals surface area contributed by atoms with Gasteiger partial charge in [0, 0.05) is 0 Å². The molecule has 0 heterocycles. The fourth-order valence-corrected chi connectivity index (χ4v) is 0.438. The molecule has 0 radical (unpaired) electrons. The van der Waals surface area contributed by atoms with Gasteiger partial charge in [-0.2, -0.15) is 0 Å². The zero-order valence-corrected chi connectivity index (χ0v) is 7.59. The highest BCUT2D eigenvalue weighted by Gasteiger charge is 2.19. The summed E-state index contributed by atoms with van der Waals surface area (Å²) in [6.45, 7) is 6.24. The van der Waals surface area contributed by atoms with Crippen molar-refractivity contribution in [3.05, 3.63) is 12.7 Å². The van der Waals surface area contributed by atoms with Gasteiger partial charge in [-0.3, -0.25) is 10.1 Å². The molecule has 0 atom stereocenters. The maximum atomic E-state index is 10.9. The normalized spacial score (nSPS) is 9.62. The fraction of sp³-hybridized carbons (Fsp3) is 0.333. The van der Waals surface area contributed by atoms with Crippen LogP contribution in [0.5, 0.6) is 0 Å². The number of carbonyl (C=O) groups is 2. The molecule has 4 heteroatoms. The van der Waals surface area contributed by atoms with Crippen LogP contribution in [0, 0.1) is 12.3 Å². The first kappa shape index (κ1) is 11.2. The van der Waals surface area contributed by atoms with E-state index in [1.54, 1.807) is 0 Å². The summed E-state index contributed by atoms with van der Waals surface area (Å²) >= 11 is 0. The van der Waals surface area contributed by atoms with Crippen LogP contribution in [0.4, 0.5) is 4.79 Å². The molecule has 4 nitrogen and oxygen atoms in total. The standard InChI is InChI=1S/C9H11NO3/c1-5-7(11)10-8(12)13-9(3,4)6-2/h2,5H,1H2,3-4H3,(H,10,11,12). The van der Waals surface area contributed by atoms with Crippen molar-refractivity contribution in [2.24, 2.45) is 0 Å². The molecule has 0 saturated heterocycles. The Balaban J connectivity index is 4.11. The fourth-order valence-electron chi connectivity index (χ4n) is 0.438. The lowest BCUT2D eigenvalue weighted by atomic mass is 10.2. The van der Waals surface area contributed by atoms with E-state index >= 15 is 0 Å². The minimum atomic E-state index is -1.02. The molecular formula is C9H11NO3. The molecule has 0 aromatic carbocycles. The number of imide groups is 1. The molecule has 0 unspecified atom stereocenters. The van der Waals surface area contributed by atoms with Crippen LogP contribution in [0.25, 0.3) is 0 Å².